The first kappa shape index (κ1) is 13.4. The second-order valence-corrected chi connectivity index (χ2v) is 4.36. The Morgan fingerprint density at radius 2 is 2.11 bits per heavy atom. The van der Waals surface area contributed by atoms with Crippen molar-refractivity contribution in [2.24, 2.45) is 0 Å². The van der Waals surface area contributed by atoms with E-state index in [2.05, 4.69) is 10.6 Å². The van der Waals surface area contributed by atoms with E-state index in [1.165, 1.54) is 0 Å². The number of carbonyl (C=O) groups is 2. The Hall–Kier alpha value is -2.08. The summed E-state index contributed by atoms with van der Waals surface area (Å²) in [5, 5.41) is 13.8. The number of nitrogens with zero attached hydrogens (tertiary/aromatic N) is 1. The highest BCUT2D eigenvalue weighted by Gasteiger charge is 2.31. The van der Waals surface area contributed by atoms with Gasteiger partial charge in [-0.25, -0.2) is 4.79 Å². The van der Waals surface area contributed by atoms with Crippen LogP contribution in [0.3, 0.4) is 0 Å². The van der Waals surface area contributed by atoms with Gasteiger partial charge in [-0.1, -0.05) is 18.2 Å². The van der Waals surface area contributed by atoms with Crippen molar-refractivity contribution in [1.82, 2.24) is 10.6 Å². The molecule has 0 aromatic heterocycles. The molecule has 3 amide bonds. The number of para-hydroxylation sites is 1. The molecule has 1 saturated heterocycles. The van der Waals surface area contributed by atoms with Gasteiger partial charge < -0.3 is 20.6 Å². The van der Waals surface area contributed by atoms with Gasteiger partial charge in [0.05, 0.1) is 12.6 Å². The monoisotopic (exact) mass is 263 g/mol. The molecule has 19 heavy (non-hydrogen) atoms. The second-order valence-electron chi connectivity index (χ2n) is 4.36. The SMILES string of the molecule is O=C(NCCO)N[C@H]1CC(=O)N(c2ccccc2)C1. The molecule has 0 saturated carbocycles. The zero-order chi connectivity index (χ0) is 13.7. The average Bonchev–Trinajstić information content (AvgIpc) is 2.78. The van der Waals surface area contributed by atoms with Crippen LogP contribution in [0.25, 0.3) is 0 Å². The third-order valence-corrected chi connectivity index (χ3v) is 2.93. The molecule has 1 aromatic carbocycles. The number of urea groups is 1. The van der Waals surface area contributed by atoms with Crippen LogP contribution in [0.2, 0.25) is 0 Å². The number of hydrogen-bond donors (Lipinski definition) is 3. The summed E-state index contributed by atoms with van der Waals surface area (Å²) in [5.41, 5.74) is 0.840. The predicted molar refractivity (Wildman–Crippen MR) is 70.8 cm³/mol. The minimum atomic E-state index is -0.359. The van der Waals surface area contributed by atoms with E-state index in [0.717, 1.165) is 5.69 Å². The van der Waals surface area contributed by atoms with Crippen molar-refractivity contribution in [3.8, 4) is 0 Å². The van der Waals surface area contributed by atoms with Crippen molar-refractivity contribution in [3.05, 3.63) is 30.3 Å². The minimum absolute atomic E-state index is 0.00124. The van der Waals surface area contributed by atoms with E-state index in [9.17, 15) is 9.59 Å². The van der Waals surface area contributed by atoms with Crippen LogP contribution >= 0.6 is 0 Å². The van der Waals surface area contributed by atoms with Crippen molar-refractivity contribution >= 4 is 17.6 Å². The summed E-state index contributed by atoms with van der Waals surface area (Å²) in [5.74, 6) is -0.00124. The molecule has 6 nitrogen and oxygen atoms in total. The molecule has 0 unspecified atom stereocenters. The Morgan fingerprint density at radius 3 is 2.79 bits per heavy atom. The topological polar surface area (TPSA) is 81.7 Å². The van der Waals surface area contributed by atoms with Gasteiger partial charge in [0.2, 0.25) is 5.91 Å². The lowest BCUT2D eigenvalue weighted by molar-refractivity contribution is -0.117. The van der Waals surface area contributed by atoms with E-state index >= 15 is 0 Å². The van der Waals surface area contributed by atoms with Gasteiger partial charge >= 0.3 is 6.03 Å². The van der Waals surface area contributed by atoms with Crippen LogP contribution in [0.1, 0.15) is 6.42 Å². The predicted octanol–water partition coefficient (Wildman–Crippen LogP) is 0.0834. The number of nitrogens with one attached hydrogen (secondary N) is 2. The van der Waals surface area contributed by atoms with Crippen LogP contribution in [-0.2, 0) is 4.79 Å². The third-order valence-electron chi connectivity index (χ3n) is 2.93. The fourth-order valence-electron chi connectivity index (χ4n) is 2.07. The lowest BCUT2D eigenvalue weighted by Gasteiger charge is -2.17. The van der Waals surface area contributed by atoms with Gasteiger partial charge in [0.1, 0.15) is 0 Å². The number of aliphatic hydroxyl groups excluding tert-OH is 1. The van der Waals surface area contributed by atoms with Gasteiger partial charge in [0.15, 0.2) is 0 Å². The highest BCUT2D eigenvalue weighted by atomic mass is 16.3. The van der Waals surface area contributed by atoms with E-state index in [0.29, 0.717) is 13.0 Å². The normalized spacial score (nSPS) is 18.5. The minimum Gasteiger partial charge on any atom is -0.395 e. The van der Waals surface area contributed by atoms with Crippen LogP contribution < -0.4 is 15.5 Å². The molecule has 0 aliphatic carbocycles. The Labute approximate surface area is 111 Å². The molecule has 3 N–H and O–H groups in total. The fraction of sp³-hybridized carbons (Fsp3) is 0.385. The molecule has 6 heteroatoms. The van der Waals surface area contributed by atoms with Crippen molar-refractivity contribution in [2.75, 3.05) is 24.6 Å². The summed E-state index contributed by atoms with van der Waals surface area (Å²) in [7, 11) is 0. The van der Waals surface area contributed by atoms with Gasteiger partial charge in [0, 0.05) is 25.2 Å². The van der Waals surface area contributed by atoms with E-state index < -0.39 is 0 Å². The maximum Gasteiger partial charge on any atom is 0.315 e. The van der Waals surface area contributed by atoms with Gasteiger partial charge in [-0.15, -0.1) is 0 Å². The second kappa shape index (κ2) is 6.19. The average molecular weight is 263 g/mol. The van der Waals surface area contributed by atoms with Crippen molar-refractivity contribution < 1.29 is 14.7 Å². The number of hydrogen-bond acceptors (Lipinski definition) is 3. The first-order valence-corrected chi connectivity index (χ1v) is 6.21. The molecule has 1 aromatic rings. The summed E-state index contributed by atoms with van der Waals surface area (Å²) >= 11 is 0. The number of rotatable bonds is 4. The van der Waals surface area contributed by atoms with Crippen molar-refractivity contribution in [2.45, 2.75) is 12.5 Å². The van der Waals surface area contributed by atoms with E-state index in [1.807, 2.05) is 30.3 Å². The van der Waals surface area contributed by atoms with Crippen LogP contribution in [0.5, 0.6) is 0 Å². The molecule has 1 fully saturated rings. The first-order chi connectivity index (χ1) is 9.20. The standard InChI is InChI=1S/C13H17N3O3/c17-7-6-14-13(19)15-10-8-12(18)16(9-10)11-4-2-1-3-5-11/h1-5,10,17H,6-9H2,(H2,14,15,19)/t10-/m0/s1. The molecule has 0 spiro atoms. The highest BCUT2D eigenvalue weighted by Crippen LogP contribution is 2.20. The molecule has 1 atom stereocenters. The zero-order valence-electron chi connectivity index (χ0n) is 10.5. The quantitative estimate of drug-likeness (QED) is 0.719. The molecule has 102 valence electrons. The maximum absolute atomic E-state index is 11.9. The van der Waals surface area contributed by atoms with Crippen LogP contribution in [-0.4, -0.2) is 42.8 Å². The van der Waals surface area contributed by atoms with E-state index in [1.54, 1.807) is 4.90 Å². The number of carbonyl (C=O) groups excluding carboxylic acids is 2. The summed E-state index contributed by atoms with van der Waals surface area (Å²) < 4.78 is 0. The van der Waals surface area contributed by atoms with Crippen LogP contribution in [0.15, 0.2) is 30.3 Å². The van der Waals surface area contributed by atoms with Crippen molar-refractivity contribution in [1.29, 1.82) is 0 Å². The molecule has 2 rings (SSSR count). The van der Waals surface area contributed by atoms with E-state index in [4.69, 9.17) is 5.11 Å². The number of aliphatic hydroxyl groups is 1. The largest absolute Gasteiger partial charge is 0.395 e. The highest BCUT2D eigenvalue weighted by molar-refractivity contribution is 5.96. The Morgan fingerprint density at radius 1 is 1.37 bits per heavy atom. The molecular weight excluding hydrogens is 246 g/mol. The summed E-state index contributed by atoms with van der Waals surface area (Å²) in [6.45, 7) is 0.567. The smallest absolute Gasteiger partial charge is 0.315 e. The fourth-order valence-corrected chi connectivity index (χ4v) is 2.07. The Bertz CT molecular complexity index is 450. The Kier molecular flexibility index (Phi) is 4.35. The van der Waals surface area contributed by atoms with Gasteiger partial charge in [0.25, 0.3) is 0 Å². The summed E-state index contributed by atoms with van der Waals surface area (Å²) in [6, 6.07) is 8.81. The lowest BCUT2D eigenvalue weighted by atomic mass is 10.2. The maximum atomic E-state index is 11.9. The third kappa shape index (κ3) is 3.45. The van der Waals surface area contributed by atoms with Crippen LogP contribution in [0, 0.1) is 0 Å². The van der Waals surface area contributed by atoms with E-state index in [-0.39, 0.29) is 31.1 Å². The van der Waals surface area contributed by atoms with Gasteiger partial charge in [-0.3, -0.25) is 4.79 Å². The first-order valence-electron chi connectivity index (χ1n) is 6.21. The molecular formula is C13H17N3O3. The number of anilines is 1. The van der Waals surface area contributed by atoms with Gasteiger partial charge in [-0.2, -0.15) is 0 Å². The molecule has 1 heterocycles. The molecule has 0 bridgehead atoms. The zero-order valence-corrected chi connectivity index (χ0v) is 10.5. The molecule has 0 radical (unpaired) electrons. The van der Waals surface area contributed by atoms with Gasteiger partial charge in [-0.05, 0) is 12.1 Å². The van der Waals surface area contributed by atoms with Crippen molar-refractivity contribution in [3.63, 3.8) is 0 Å². The lowest BCUT2D eigenvalue weighted by Crippen LogP contribution is -2.44. The Balaban J connectivity index is 1.91. The number of amides is 3. The van der Waals surface area contributed by atoms with Crippen LogP contribution in [0.4, 0.5) is 10.5 Å². The number of benzene rings is 1. The summed E-state index contributed by atoms with van der Waals surface area (Å²) in [4.78, 5) is 25.0. The molecule has 1 aliphatic rings. The molecule has 1 aliphatic heterocycles. The summed E-state index contributed by atoms with van der Waals surface area (Å²) in [6.07, 6.45) is 0.293.